The summed E-state index contributed by atoms with van der Waals surface area (Å²) in [6.07, 6.45) is 6.61. The summed E-state index contributed by atoms with van der Waals surface area (Å²) >= 11 is 1.48. The highest BCUT2D eigenvalue weighted by Crippen LogP contribution is 2.17. The van der Waals surface area contributed by atoms with Crippen molar-refractivity contribution in [2.45, 2.75) is 12.4 Å². The Morgan fingerprint density at radius 1 is 1.77 bits per heavy atom. The largest absolute Gasteiger partial charge is 0.449 e. The number of amides is 1. The molecule has 0 saturated heterocycles. The normalized spacial score (nSPS) is 20.5. The molecule has 0 saturated carbocycles. The van der Waals surface area contributed by atoms with E-state index in [0.717, 1.165) is 0 Å². The number of allylic oxidation sites excluding steroid dienone is 1. The van der Waals surface area contributed by atoms with Gasteiger partial charge in [-0.3, -0.25) is 9.89 Å². The van der Waals surface area contributed by atoms with Crippen LogP contribution in [0.4, 0.5) is 4.79 Å². The van der Waals surface area contributed by atoms with Crippen LogP contribution in [-0.2, 0) is 4.74 Å². The quantitative estimate of drug-likeness (QED) is 0.681. The maximum Gasteiger partial charge on any atom is 0.416 e. The van der Waals surface area contributed by atoms with E-state index in [2.05, 4.69) is 4.99 Å². The van der Waals surface area contributed by atoms with Gasteiger partial charge in [-0.1, -0.05) is 0 Å². The lowest BCUT2D eigenvalue weighted by Crippen LogP contribution is -2.34. The first kappa shape index (κ1) is 10.1. The van der Waals surface area contributed by atoms with E-state index in [1.165, 1.54) is 16.7 Å². The van der Waals surface area contributed by atoms with Crippen LogP contribution in [0.15, 0.2) is 17.3 Å². The zero-order valence-electron chi connectivity index (χ0n) is 7.64. The summed E-state index contributed by atoms with van der Waals surface area (Å²) in [7, 11) is 0. The third-order valence-corrected chi connectivity index (χ3v) is 2.24. The molecule has 0 radical (unpaired) electrons. The molecule has 1 aliphatic rings. The van der Waals surface area contributed by atoms with Gasteiger partial charge >= 0.3 is 6.09 Å². The number of carbonyl (C=O) groups excluding carboxylic acids is 1. The molecule has 5 heteroatoms. The molecule has 0 bridgehead atoms. The average Bonchev–Trinajstić information content (AvgIpc) is 2.18. The smallest absolute Gasteiger partial charge is 0.416 e. The summed E-state index contributed by atoms with van der Waals surface area (Å²) in [5, 5.41) is 0. The van der Waals surface area contributed by atoms with Crippen LogP contribution in [0.1, 0.15) is 6.92 Å². The number of hydrogen-bond donors (Lipinski definition) is 0. The third-order valence-electron chi connectivity index (χ3n) is 1.47. The minimum atomic E-state index is -0.352. The highest BCUT2D eigenvalue weighted by atomic mass is 32.2. The molecule has 0 aliphatic carbocycles. The summed E-state index contributed by atoms with van der Waals surface area (Å²) in [6, 6.07) is 0. The topological polar surface area (TPSA) is 41.9 Å². The van der Waals surface area contributed by atoms with Gasteiger partial charge in [-0.2, -0.15) is 0 Å². The molecule has 4 nitrogen and oxygen atoms in total. The van der Waals surface area contributed by atoms with Gasteiger partial charge in [0.15, 0.2) is 5.50 Å². The van der Waals surface area contributed by atoms with Crippen molar-refractivity contribution in [3.05, 3.63) is 12.3 Å². The molecule has 1 rings (SSSR count). The molecule has 13 heavy (non-hydrogen) atoms. The van der Waals surface area contributed by atoms with Gasteiger partial charge in [0.1, 0.15) is 0 Å². The van der Waals surface area contributed by atoms with Crippen molar-refractivity contribution in [2.75, 3.05) is 12.9 Å². The number of aliphatic imine (C=N–C) groups is 1. The van der Waals surface area contributed by atoms with Crippen LogP contribution < -0.4 is 0 Å². The molecule has 1 amide bonds. The number of ether oxygens (including phenoxy) is 1. The maximum absolute atomic E-state index is 11.3. The van der Waals surface area contributed by atoms with Crippen molar-refractivity contribution in [1.29, 1.82) is 0 Å². The van der Waals surface area contributed by atoms with Gasteiger partial charge in [0.05, 0.1) is 6.61 Å². The van der Waals surface area contributed by atoms with E-state index in [9.17, 15) is 4.79 Å². The van der Waals surface area contributed by atoms with Crippen molar-refractivity contribution in [3.63, 3.8) is 0 Å². The molecular weight excluding hydrogens is 188 g/mol. The first-order valence-corrected chi connectivity index (χ1v) is 5.26. The fraction of sp³-hybridized carbons (Fsp3) is 0.500. The number of thioether (sulfide) groups is 1. The standard InChI is InChI=1S/C8H12N2O2S/c1-3-12-8(11)10-6-4-5-9-7(10)13-2/h4-7H,3H2,1-2H3. The minimum Gasteiger partial charge on any atom is -0.449 e. The Hall–Kier alpha value is -0.970. The molecule has 0 aromatic heterocycles. The van der Waals surface area contributed by atoms with Crippen molar-refractivity contribution >= 4 is 24.1 Å². The molecule has 0 fully saturated rings. The Kier molecular flexibility index (Phi) is 3.82. The lowest BCUT2D eigenvalue weighted by Gasteiger charge is -2.24. The van der Waals surface area contributed by atoms with E-state index < -0.39 is 0 Å². The Morgan fingerprint density at radius 3 is 3.15 bits per heavy atom. The van der Waals surface area contributed by atoms with Gasteiger partial charge in [0.25, 0.3) is 0 Å². The summed E-state index contributed by atoms with van der Waals surface area (Å²) in [5.41, 5.74) is -0.191. The van der Waals surface area contributed by atoms with Gasteiger partial charge in [-0.05, 0) is 19.3 Å². The Bertz CT molecular complexity index is 240. The summed E-state index contributed by atoms with van der Waals surface area (Å²) in [5.74, 6) is 0. The van der Waals surface area contributed by atoms with Crippen LogP contribution in [0.2, 0.25) is 0 Å². The summed E-state index contributed by atoms with van der Waals surface area (Å²) in [4.78, 5) is 16.9. The van der Waals surface area contributed by atoms with Crippen molar-refractivity contribution < 1.29 is 9.53 Å². The second-order valence-corrected chi connectivity index (χ2v) is 3.20. The first-order chi connectivity index (χ1) is 6.29. The lowest BCUT2D eigenvalue weighted by molar-refractivity contribution is 0.120. The average molecular weight is 200 g/mol. The van der Waals surface area contributed by atoms with Crippen LogP contribution in [0.25, 0.3) is 0 Å². The molecule has 0 aromatic rings. The monoisotopic (exact) mass is 200 g/mol. The predicted molar refractivity (Wildman–Crippen MR) is 53.8 cm³/mol. The predicted octanol–water partition coefficient (Wildman–Crippen LogP) is 1.69. The second-order valence-electron chi connectivity index (χ2n) is 2.31. The van der Waals surface area contributed by atoms with Crippen LogP contribution >= 0.6 is 11.8 Å². The molecular formula is C8H12N2O2S. The lowest BCUT2D eigenvalue weighted by atomic mass is 10.5. The second kappa shape index (κ2) is 4.91. The fourth-order valence-electron chi connectivity index (χ4n) is 0.923. The molecule has 1 atom stereocenters. The molecule has 0 N–H and O–H groups in total. The molecule has 72 valence electrons. The van der Waals surface area contributed by atoms with Crippen LogP contribution in [-0.4, -0.2) is 35.6 Å². The number of hydrogen-bond acceptors (Lipinski definition) is 4. The molecule has 1 unspecified atom stereocenters. The molecule has 1 heterocycles. The van der Waals surface area contributed by atoms with Crippen LogP contribution in [0.5, 0.6) is 0 Å². The zero-order valence-corrected chi connectivity index (χ0v) is 8.45. The Morgan fingerprint density at radius 2 is 2.54 bits per heavy atom. The van der Waals surface area contributed by atoms with Crippen molar-refractivity contribution in [3.8, 4) is 0 Å². The highest BCUT2D eigenvalue weighted by molar-refractivity contribution is 7.99. The van der Waals surface area contributed by atoms with Crippen LogP contribution in [0, 0.1) is 0 Å². The van der Waals surface area contributed by atoms with Crippen LogP contribution in [0.3, 0.4) is 0 Å². The van der Waals surface area contributed by atoms with E-state index in [4.69, 9.17) is 4.74 Å². The summed E-state index contributed by atoms with van der Waals surface area (Å²) in [6.45, 7) is 2.16. The first-order valence-electron chi connectivity index (χ1n) is 3.97. The van der Waals surface area contributed by atoms with E-state index in [-0.39, 0.29) is 11.6 Å². The van der Waals surface area contributed by atoms with E-state index in [1.54, 1.807) is 25.4 Å². The highest BCUT2D eigenvalue weighted by Gasteiger charge is 2.21. The third kappa shape index (κ3) is 2.48. The maximum atomic E-state index is 11.3. The zero-order chi connectivity index (χ0) is 9.68. The Balaban J connectivity index is 2.61. The SMILES string of the molecule is CCOC(=O)N1C=CC=NC1SC. The van der Waals surface area contributed by atoms with Gasteiger partial charge in [-0.25, -0.2) is 4.79 Å². The molecule has 1 aliphatic heterocycles. The minimum absolute atomic E-state index is 0.191. The van der Waals surface area contributed by atoms with Gasteiger partial charge in [0, 0.05) is 12.4 Å². The Labute approximate surface area is 81.7 Å². The van der Waals surface area contributed by atoms with E-state index >= 15 is 0 Å². The summed E-state index contributed by atoms with van der Waals surface area (Å²) < 4.78 is 4.86. The van der Waals surface area contributed by atoms with Gasteiger partial charge in [-0.15, -0.1) is 11.8 Å². The van der Waals surface area contributed by atoms with Crippen molar-refractivity contribution in [1.82, 2.24) is 4.90 Å². The molecule has 0 spiro atoms. The van der Waals surface area contributed by atoms with Gasteiger partial charge in [0.2, 0.25) is 0 Å². The van der Waals surface area contributed by atoms with Gasteiger partial charge < -0.3 is 4.74 Å². The number of carbonyl (C=O) groups is 1. The number of rotatable bonds is 2. The van der Waals surface area contributed by atoms with Crippen molar-refractivity contribution in [2.24, 2.45) is 4.99 Å². The van der Waals surface area contributed by atoms with E-state index in [0.29, 0.717) is 6.61 Å². The van der Waals surface area contributed by atoms with E-state index in [1.807, 2.05) is 6.26 Å². The number of nitrogens with zero attached hydrogens (tertiary/aromatic N) is 2. The fourth-order valence-corrected chi connectivity index (χ4v) is 1.50. The molecule has 0 aromatic carbocycles.